The number of para-hydroxylation sites is 1. The minimum absolute atomic E-state index is 0.102. The quantitative estimate of drug-likeness (QED) is 0.727. The van der Waals surface area contributed by atoms with E-state index in [2.05, 4.69) is 5.32 Å². The number of amides is 2. The predicted octanol–water partition coefficient (Wildman–Crippen LogP) is -0.228. The van der Waals surface area contributed by atoms with Gasteiger partial charge in [-0.25, -0.2) is 8.42 Å². The summed E-state index contributed by atoms with van der Waals surface area (Å²) in [5, 5.41) is 2.32. The van der Waals surface area contributed by atoms with E-state index in [0.717, 1.165) is 0 Å². The fraction of sp³-hybridized carbons (Fsp3) is 0.167. The minimum Gasteiger partial charge on any atom is -0.366 e. The van der Waals surface area contributed by atoms with Gasteiger partial charge in [-0.1, -0.05) is 18.1 Å². The first-order chi connectivity index (χ1) is 8.85. The maximum atomic E-state index is 11.6. The second-order valence-electron chi connectivity index (χ2n) is 3.69. The van der Waals surface area contributed by atoms with E-state index in [1.54, 1.807) is 12.1 Å². The Morgan fingerprint density at radius 2 is 1.95 bits per heavy atom. The van der Waals surface area contributed by atoms with Crippen LogP contribution in [0, 0.1) is 12.3 Å². The van der Waals surface area contributed by atoms with Crippen LogP contribution in [0.1, 0.15) is 10.4 Å². The maximum Gasteiger partial charge on any atom is 0.250 e. The second-order valence-corrected chi connectivity index (χ2v) is 5.76. The van der Waals surface area contributed by atoms with Crippen molar-refractivity contribution in [1.29, 1.82) is 0 Å². The van der Waals surface area contributed by atoms with E-state index < -0.39 is 33.2 Å². The third kappa shape index (κ3) is 4.44. The Bertz CT molecular complexity index is 644. The standard InChI is InChI=1S/C12H12N2O4S/c1-2-7-19(17,18)8-11(15)14-10-6-4-3-5-9(10)12(13)16/h1,3-6H,7-8H2,(H2,13,16)(H,14,15). The van der Waals surface area contributed by atoms with Crippen molar-refractivity contribution in [3.63, 3.8) is 0 Å². The predicted molar refractivity (Wildman–Crippen MR) is 71.1 cm³/mol. The molecule has 0 aliphatic heterocycles. The van der Waals surface area contributed by atoms with Gasteiger partial charge in [-0.05, 0) is 12.1 Å². The van der Waals surface area contributed by atoms with Gasteiger partial charge in [-0.15, -0.1) is 6.42 Å². The van der Waals surface area contributed by atoms with Gasteiger partial charge < -0.3 is 11.1 Å². The van der Waals surface area contributed by atoms with E-state index in [1.165, 1.54) is 12.1 Å². The highest BCUT2D eigenvalue weighted by molar-refractivity contribution is 7.92. The molecule has 0 aromatic heterocycles. The van der Waals surface area contributed by atoms with Crippen LogP contribution < -0.4 is 11.1 Å². The van der Waals surface area contributed by atoms with Crippen LogP contribution in [0.3, 0.4) is 0 Å². The number of terminal acetylenes is 1. The first-order valence-electron chi connectivity index (χ1n) is 5.18. The molecule has 100 valence electrons. The molecule has 0 fully saturated rings. The summed E-state index contributed by atoms with van der Waals surface area (Å²) in [4.78, 5) is 22.7. The lowest BCUT2D eigenvalue weighted by atomic mass is 10.1. The van der Waals surface area contributed by atoms with Crippen molar-refractivity contribution < 1.29 is 18.0 Å². The number of hydrogen-bond acceptors (Lipinski definition) is 4. The molecule has 19 heavy (non-hydrogen) atoms. The highest BCUT2D eigenvalue weighted by atomic mass is 32.2. The van der Waals surface area contributed by atoms with Gasteiger partial charge in [0.05, 0.1) is 11.3 Å². The van der Waals surface area contributed by atoms with E-state index in [4.69, 9.17) is 12.2 Å². The molecule has 0 atom stereocenters. The number of nitrogens with two attached hydrogens (primary N) is 1. The van der Waals surface area contributed by atoms with Crippen molar-refractivity contribution in [3.05, 3.63) is 29.8 Å². The molecule has 2 amide bonds. The van der Waals surface area contributed by atoms with Gasteiger partial charge in [0.25, 0.3) is 5.91 Å². The van der Waals surface area contributed by atoms with Crippen LogP contribution in [0.2, 0.25) is 0 Å². The van der Waals surface area contributed by atoms with Crippen molar-refractivity contribution in [2.45, 2.75) is 0 Å². The molecule has 1 aromatic rings. The Hall–Kier alpha value is -2.33. The molecule has 1 aromatic carbocycles. The molecule has 6 nitrogen and oxygen atoms in total. The first kappa shape index (κ1) is 14.7. The maximum absolute atomic E-state index is 11.6. The fourth-order valence-electron chi connectivity index (χ4n) is 1.37. The number of primary amides is 1. The van der Waals surface area contributed by atoms with Crippen LogP contribution in [0.15, 0.2) is 24.3 Å². The molecule has 1 rings (SSSR count). The van der Waals surface area contributed by atoms with Crippen LogP contribution in [0.5, 0.6) is 0 Å². The van der Waals surface area contributed by atoms with E-state index in [1.807, 2.05) is 5.92 Å². The van der Waals surface area contributed by atoms with Crippen molar-refractivity contribution in [2.24, 2.45) is 5.73 Å². The molecule has 7 heteroatoms. The summed E-state index contributed by atoms with van der Waals surface area (Å²) in [5.41, 5.74) is 5.40. The summed E-state index contributed by atoms with van der Waals surface area (Å²) in [5.74, 6) is -0.791. The van der Waals surface area contributed by atoms with E-state index >= 15 is 0 Å². The van der Waals surface area contributed by atoms with Crippen molar-refractivity contribution >= 4 is 27.3 Å². The van der Waals surface area contributed by atoms with Gasteiger partial charge in [-0.3, -0.25) is 9.59 Å². The van der Waals surface area contributed by atoms with Crippen LogP contribution in [0.4, 0.5) is 5.69 Å². The molecule has 0 saturated carbocycles. The zero-order chi connectivity index (χ0) is 14.5. The summed E-state index contributed by atoms with van der Waals surface area (Å²) in [6.07, 6.45) is 4.88. The second kappa shape index (κ2) is 6.02. The summed E-state index contributed by atoms with van der Waals surface area (Å²) >= 11 is 0. The van der Waals surface area contributed by atoms with E-state index in [0.29, 0.717) is 0 Å². The molecule has 3 N–H and O–H groups in total. The molecule has 0 bridgehead atoms. The smallest absolute Gasteiger partial charge is 0.250 e. The van der Waals surface area contributed by atoms with Crippen LogP contribution in [0.25, 0.3) is 0 Å². The largest absolute Gasteiger partial charge is 0.366 e. The van der Waals surface area contributed by atoms with Crippen molar-refractivity contribution in [1.82, 2.24) is 0 Å². The molecular weight excluding hydrogens is 268 g/mol. The number of carbonyl (C=O) groups excluding carboxylic acids is 2. The topological polar surface area (TPSA) is 106 Å². The lowest BCUT2D eigenvalue weighted by Gasteiger charge is -2.08. The first-order valence-corrected chi connectivity index (χ1v) is 7.00. The van der Waals surface area contributed by atoms with E-state index in [9.17, 15) is 18.0 Å². The monoisotopic (exact) mass is 280 g/mol. The minimum atomic E-state index is -3.65. The highest BCUT2D eigenvalue weighted by Gasteiger charge is 2.17. The Morgan fingerprint density at radius 1 is 1.32 bits per heavy atom. The number of hydrogen-bond donors (Lipinski definition) is 2. The average molecular weight is 280 g/mol. The lowest BCUT2D eigenvalue weighted by Crippen LogP contribution is -2.25. The Kier molecular flexibility index (Phi) is 4.67. The van der Waals surface area contributed by atoms with Gasteiger partial charge >= 0.3 is 0 Å². The normalized spacial score (nSPS) is 10.5. The highest BCUT2D eigenvalue weighted by Crippen LogP contribution is 2.14. The third-order valence-electron chi connectivity index (χ3n) is 2.12. The zero-order valence-electron chi connectivity index (χ0n) is 9.92. The Balaban J connectivity index is 2.85. The SMILES string of the molecule is C#CCS(=O)(=O)CC(=O)Nc1ccccc1C(N)=O. The van der Waals surface area contributed by atoms with E-state index in [-0.39, 0.29) is 11.3 Å². The molecule has 0 aliphatic carbocycles. The summed E-state index contributed by atoms with van der Waals surface area (Å²) in [6.45, 7) is 0. The third-order valence-corrected chi connectivity index (χ3v) is 3.43. The summed E-state index contributed by atoms with van der Waals surface area (Å²) in [7, 11) is -3.65. The molecule has 0 heterocycles. The molecule has 0 saturated heterocycles. The number of carbonyl (C=O) groups is 2. The van der Waals surface area contributed by atoms with Gasteiger partial charge in [0.15, 0.2) is 9.84 Å². The molecule has 0 spiro atoms. The lowest BCUT2D eigenvalue weighted by molar-refractivity contribution is -0.113. The summed E-state index contributed by atoms with van der Waals surface area (Å²) in [6, 6.07) is 6.03. The molecule has 0 radical (unpaired) electrons. The van der Waals surface area contributed by atoms with Crippen molar-refractivity contribution in [2.75, 3.05) is 16.8 Å². The zero-order valence-corrected chi connectivity index (χ0v) is 10.7. The number of sulfone groups is 1. The number of anilines is 1. The van der Waals surface area contributed by atoms with Gasteiger partial charge in [-0.2, -0.15) is 0 Å². The fourth-order valence-corrected chi connectivity index (χ4v) is 2.20. The average Bonchev–Trinajstić information content (AvgIpc) is 2.28. The molecule has 0 unspecified atom stereocenters. The Morgan fingerprint density at radius 3 is 2.53 bits per heavy atom. The summed E-state index contributed by atoms with van der Waals surface area (Å²) < 4.78 is 22.7. The number of rotatable bonds is 5. The van der Waals surface area contributed by atoms with Gasteiger partial charge in [0.1, 0.15) is 11.5 Å². The number of nitrogens with one attached hydrogen (secondary N) is 1. The number of benzene rings is 1. The van der Waals surface area contributed by atoms with Crippen molar-refractivity contribution in [3.8, 4) is 12.3 Å². The Labute approximate surface area is 110 Å². The van der Waals surface area contributed by atoms with Crippen LogP contribution >= 0.6 is 0 Å². The van der Waals surface area contributed by atoms with Crippen LogP contribution in [-0.4, -0.2) is 31.7 Å². The van der Waals surface area contributed by atoms with Crippen LogP contribution in [-0.2, 0) is 14.6 Å². The van der Waals surface area contributed by atoms with Gasteiger partial charge in [0, 0.05) is 0 Å². The molecule has 0 aliphatic rings. The molecular formula is C12H12N2O4S. The van der Waals surface area contributed by atoms with Gasteiger partial charge in [0.2, 0.25) is 5.91 Å².